The monoisotopic (exact) mass is 362 g/mol. The second-order valence-corrected chi connectivity index (χ2v) is 7.89. The summed E-state index contributed by atoms with van der Waals surface area (Å²) in [5.74, 6) is -0.301. The van der Waals surface area contributed by atoms with Crippen molar-refractivity contribution in [3.05, 3.63) is 35.4 Å². The third-order valence-corrected chi connectivity index (χ3v) is 6.04. The van der Waals surface area contributed by atoms with Gasteiger partial charge in [0.25, 0.3) is 0 Å². The van der Waals surface area contributed by atoms with Gasteiger partial charge in [-0.1, -0.05) is 29.8 Å². The van der Waals surface area contributed by atoms with Crippen LogP contribution in [0.25, 0.3) is 0 Å². The summed E-state index contributed by atoms with van der Waals surface area (Å²) in [5.41, 5.74) is 2.55. The van der Waals surface area contributed by atoms with Crippen LogP contribution in [0.5, 0.6) is 0 Å². The Labute approximate surface area is 155 Å². The fourth-order valence-electron chi connectivity index (χ4n) is 4.48. The van der Waals surface area contributed by atoms with E-state index in [-0.39, 0.29) is 24.4 Å². The summed E-state index contributed by atoms with van der Waals surface area (Å²) in [6, 6.07) is 8.61. The Morgan fingerprint density at radius 2 is 2.04 bits per heavy atom. The van der Waals surface area contributed by atoms with Crippen LogP contribution in [0.4, 0.5) is 0 Å². The largest absolute Gasteiger partial charge is 0.481 e. The van der Waals surface area contributed by atoms with E-state index in [1.807, 2.05) is 0 Å². The summed E-state index contributed by atoms with van der Waals surface area (Å²) >= 11 is 0. The molecule has 5 nitrogen and oxygen atoms in total. The van der Waals surface area contributed by atoms with E-state index in [2.05, 4.69) is 31.2 Å². The van der Waals surface area contributed by atoms with Crippen molar-refractivity contribution in [1.82, 2.24) is 0 Å². The van der Waals surface area contributed by atoms with Gasteiger partial charge in [-0.05, 0) is 62.3 Å². The third-order valence-electron chi connectivity index (χ3n) is 6.04. The normalized spacial score (nSPS) is 29.8. The van der Waals surface area contributed by atoms with Crippen LogP contribution in [0.1, 0.15) is 43.2 Å². The Bertz CT molecular complexity index is 579. The van der Waals surface area contributed by atoms with Crippen LogP contribution in [-0.2, 0) is 20.7 Å². The van der Waals surface area contributed by atoms with Crippen molar-refractivity contribution in [2.75, 3.05) is 13.4 Å². The van der Waals surface area contributed by atoms with E-state index in [9.17, 15) is 9.90 Å². The highest BCUT2D eigenvalue weighted by molar-refractivity contribution is 5.67. The van der Waals surface area contributed by atoms with Crippen molar-refractivity contribution in [2.45, 2.75) is 57.7 Å². The number of carboxylic acids is 1. The standard InChI is InChI=1S/C21H30O5/c1-14-2-4-15(5-3-14)10-17(20-12-25-13-26-20)7-6-16-8-9-19(22)18(16)11-21(23)24/h2-5,16-20,22H,6-13H2,1H3,(H,23,24). The summed E-state index contributed by atoms with van der Waals surface area (Å²) in [6.07, 6.45) is 4.16. The Kier molecular flexibility index (Phi) is 6.68. The molecule has 1 saturated carbocycles. The zero-order chi connectivity index (χ0) is 18.5. The third kappa shape index (κ3) is 5.06. The maximum Gasteiger partial charge on any atom is 0.303 e. The molecule has 5 unspecified atom stereocenters. The number of hydrogen-bond donors (Lipinski definition) is 2. The second-order valence-electron chi connectivity index (χ2n) is 7.89. The molecule has 0 radical (unpaired) electrons. The molecule has 1 aliphatic carbocycles. The van der Waals surface area contributed by atoms with E-state index >= 15 is 0 Å². The summed E-state index contributed by atoms with van der Waals surface area (Å²) in [4.78, 5) is 11.1. The lowest BCUT2D eigenvalue weighted by Crippen LogP contribution is -2.27. The molecule has 1 aromatic rings. The van der Waals surface area contributed by atoms with E-state index in [1.165, 1.54) is 11.1 Å². The first-order valence-corrected chi connectivity index (χ1v) is 9.67. The first-order chi connectivity index (χ1) is 12.5. The Hall–Kier alpha value is -1.43. The fraction of sp³-hybridized carbons (Fsp3) is 0.667. The predicted octanol–water partition coefficient (Wildman–Crippen LogP) is 3.17. The van der Waals surface area contributed by atoms with Crippen molar-refractivity contribution in [3.63, 3.8) is 0 Å². The van der Waals surface area contributed by atoms with Gasteiger partial charge in [-0.2, -0.15) is 0 Å². The maximum atomic E-state index is 11.1. The van der Waals surface area contributed by atoms with Gasteiger partial charge in [0.05, 0.1) is 25.2 Å². The average molecular weight is 362 g/mol. The predicted molar refractivity (Wildman–Crippen MR) is 97.8 cm³/mol. The molecular formula is C21H30O5. The van der Waals surface area contributed by atoms with Gasteiger partial charge in [-0.3, -0.25) is 4.79 Å². The number of aryl methyl sites for hydroxylation is 1. The molecule has 1 aromatic carbocycles. The zero-order valence-corrected chi connectivity index (χ0v) is 15.5. The topological polar surface area (TPSA) is 76.0 Å². The molecule has 0 spiro atoms. The van der Waals surface area contributed by atoms with Gasteiger partial charge >= 0.3 is 5.97 Å². The summed E-state index contributed by atoms with van der Waals surface area (Å²) in [6.45, 7) is 3.07. The minimum Gasteiger partial charge on any atom is -0.481 e. The number of hydrogen-bond acceptors (Lipinski definition) is 4. The highest BCUT2D eigenvalue weighted by Crippen LogP contribution is 2.39. The Balaban J connectivity index is 1.62. The zero-order valence-electron chi connectivity index (χ0n) is 15.5. The minimum absolute atomic E-state index is 0.0670. The van der Waals surface area contributed by atoms with Crippen LogP contribution in [0.3, 0.4) is 0 Å². The van der Waals surface area contributed by atoms with E-state index in [4.69, 9.17) is 14.6 Å². The van der Waals surface area contributed by atoms with Gasteiger partial charge in [0.15, 0.2) is 0 Å². The van der Waals surface area contributed by atoms with Crippen molar-refractivity contribution >= 4 is 5.97 Å². The van der Waals surface area contributed by atoms with Crippen molar-refractivity contribution in [2.24, 2.45) is 17.8 Å². The highest BCUT2D eigenvalue weighted by atomic mass is 16.7. The van der Waals surface area contributed by atoms with Gasteiger partial charge < -0.3 is 19.7 Å². The molecule has 5 atom stereocenters. The Morgan fingerprint density at radius 3 is 2.69 bits per heavy atom. The number of aliphatic hydroxyl groups is 1. The lowest BCUT2D eigenvalue weighted by Gasteiger charge is -2.26. The van der Waals surface area contributed by atoms with Crippen molar-refractivity contribution in [3.8, 4) is 0 Å². The number of ether oxygens (including phenoxy) is 2. The second kappa shape index (κ2) is 8.98. The molecule has 2 fully saturated rings. The van der Waals surface area contributed by atoms with Gasteiger partial charge in [-0.15, -0.1) is 0 Å². The molecule has 3 rings (SSSR count). The first-order valence-electron chi connectivity index (χ1n) is 9.67. The summed E-state index contributed by atoms with van der Waals surface area (Å²) in [5, 5.41) is 19.3. The molecule has 26 heavy (non-hydrogen) atoms. The van der Waals surface area contributed by atoms with Crippen LogP contribution >= 0.6 is 0 Å². The SMILES string of the molecule is Cc1ccc(CC(CCC2CCC(O)C2CC(=O)O)C2COCO2)cc1. The minimum atomic E-state index is -0.815. The van der Waals surface area contributed by atoms with Crippen LogP contribution in [0.2, 0.25) is 0 Å². The number of carbonyl (C=O) groups is 1. The molecule has 1 saturated heterocycles. The van der Waals surface area contributed by atoms with Crippen molar-refractivity contribution < 1.29 is 24.5 Å². The van der Waals surface area contributed by atoms with Crippen LogP contribution < -0.4 is 0 Å². The number of rotatable bonds is 8. The average Bonchev–Trinajstić information content (AvgIpc) is 3.25. The fourth-order valence-corrected chi connectivity index (χ4v) is 4.48. The first kappa shape index (κ1) is 19.3. The smallest absolute Gasteiger partial charge is 0.303 e. The summed E-state index contributed by atoms with van der Waals surface area (Å²) in [7, 11) is 0. The number of benzene rings is 1. The lowest BCUT2D eigenvalue weighted by atomic mass is 9.82. The Morgan fingerprint density at radius 1 is 1.27 bits per heavy atom. The molecule has 1 heterocycles. The molecule has 0 bridgehead atoms. The molecule has 5 heteroatoms. The lowest BCUT2D eigenvalue weighted by molar-refractivity contribution is -0.139. The van der Waals surface area contributed by atoms with E-state index in [0.717, 1.165) is 25.7 Å². The van der Waals surface area contributed by atoms with Gasteiger partial charge in [0, 0.05) is 0 Å². The van der Waals surface area contributed by atoms with E-state index in [1.54, 1.807) is 0 Å². The molecule has 2 aliphatic rings. The molecule has 1 aliphatic heterocycles. The number of aliphatic carboxylic acids is 1. The van der Waals surface area contributed by atoms with Crippen LogP contribution in [0.15, 0.2) is 24.3 Å². The van der Waals surface area contributed by atoms with E-state index in [0.29, 0.717) is 25.7 Å². The van der Waals surface area contributed by atoms with Crippen LogP contribution in [0, 0.1) is 24.7 Å². The maximum absolute atomic E-state index is 11.1. The van der Waals surface area contributed by atoms with Gasteiger partial charge in [-0.25, -0.2) is 0 Å². The van der Waals surface area contributed by atoms with Crippen molar-refractivity contribution in [1.29, 1.82) is 0 Å². The highest BCUT2D eigenvalue weighted by Gasteiger charge is 2.37. The molecule has 144 valence electrons. The quantitative estimate of drug-likeness (QED) is 0.743. The molecule has 0 aromatic heterocycles. The number of carboxylic acid groups (broad SMARTS) is 1. The summed E-state index contributed by atoms with van der Waals surface area (Å²) < 4.78 is 11.2. The van der Waals surface area contributed by atoms with Gasteiger partial charge in [0.1, 0.15) is 6.79 Å². The molecular weight excluding hydrogens is 332 g/mol. The number of aliphatic hydroxyl groups excluding tert-OH is 1. The van der Waals surface area contributed by atoms with E-state index < -0.39 is 12.1 Å². The molecule has 2 N–H and O–H groups in total. The molecule has 0 amide bonds. The van der Waals surface area contributed by atoms with Crippen LogP contribution in [-0.4, -0.2) is 41.8 Å². The van der Waals surface area contributed by atoms with Gasteiger partial charge in [0.2, 0.25) is 0 Å².